The van der Waals surface area contributed by atoms with Gasteiger partial charge in [0.25, 0.3) is 0 Å². The highest BCUT2D eigenvalue weighted by Crippen LogP contribution is 2.19. The van der Waals surface area contributed by atoms with E-state index in [1.165, 1.54) is 0 Å². The maximum atomic E-state index is 12.4. The van der Waals surface area contributed by atoms with Crippen LogP contribution in [0.5, 0.6) is 5.75 Å². The van der Waals surface area contributed by atoms with Crippen LogP contribution in [0.25, 0.3) is 0 Å². The molecule has 0 aliphatic carbocycles. The van der Waals surface area contributed by atoms with E-state index < -0.39 is 5.97 Å². The highest BCUT2D eigenvalue weighted by molar-refractivity contribution is 5.76. The normalized spacial score (nSPS) is 17.4. The number of likely N-dealkylation sites (N-methyl/N-ethyl adjacent to an activating group) is 1. The zero-order chi connectivity index (χ0) is 19.1. The molecule has 26 heavy (non-hydrogen) atoms. The standard InChI is InChI=1S/C19H28N2O5/c1-14-4-5-15(2)17(10-14)26-8-6-18(22)21-7-9-25-16(12-21)11-20(3)13-19(23)24/h4-5,10,16H,6-9,11-13H2,1-3H3,(H,23,24)/t16-/m1/s1. The monoisotopic (exact) mass is 364 g/mol. The number of hydrogen-bond donors (Lipinski definition) is 1. The Morgan fingerprint density at radius 1 is 1.38 bits per heavy atom. The molecule has 2 rings (SSSR count). The van der Waals surface area contributed by atoms with E-state index in [4.69, 9.17) is 14.6 Å². The smallest absolute Gasteiger partial charge is 0.317 e. The number of aryl methyl sites for hydroxylation is 2. The van der Waals surface area contributed by atoms with Crippen molar-refractivity contribution in [1.82, 2.24) is 9.80 Å². The number of ether oxygens (including phenoxy) is 2. The van der Waals surface area contributed by atoms with E-state index in [1.54, 1.807) is 16.8 Å². The van der Waals surface area contributed by atoms with Crippen LogP contribution in [0.4, 0.5) is 0 Å². The summed E-state index contributed by atoms with van der Waals surface area (Å²) in [7, 11) is 1.73. The topological polar surface area (TPSA) is 79.3 Å². The lowest BCUT2D eigenvalue weighted by molar-refractivity contribution is -0.142. The molecule has 1 amide bonds. The van der Waals surface area contributed by atoms with Gasteiger partial charge in [-0.3, -0.25) is 14.5 Å². The number of morpholine rings is 1. The molecule has 0 radical (unpaired) electrons. The van der Waals surface area contributed by atoms with E-state index in [0.29, 0.717) is 39.3 Å². The Bertz CT molecular complexity index is 634. The molecule has 1 aromatic carbocycles. The lowest BCUT2D eigenvalue weighted by atomic mass is 10.1. The van der Waals surface area contributed by atoms with Gasteiger partial charge in [0, 0.05) is 19.6 Å². The van der Waals surface area contributed by atoms with Crippen molar-refractivity contribution in [2.24, 2.45) is 0 Å². The Balaban J connectivity index is 1.77. The fourth-order valence-electron chi connectivity index (χ4n) is 2.97. The Morgan fingerprint density at radius 3 is 2.88 bits per heavy atom. The molecule has 1 aliphatic rings. The zero-order valence-electron chi connectivity index (χ0n) is 15.7. The van der Waals surface area contributed by atoms with Crippen LogP contribution in [-0.4, -0.2) is 79.3 Å². The molecule has 7 nitrogen and oxygen atoms in total. The molecule has 0 unspecified atom stereocenters. The van der Waals surface area contributed by atoms with Crippen LogP contribution in [0.1, 0.15) is 17.5 Å². The van der Waals surface area contributed by atoms with Crippen LogP contribution in [0.2, 0.25) is 0 Å². The Morgan fingerprint density at radius 2 is 2.15 bits per heavy atom. The predicted octanol–water partition coefficient (Wildman–Crippen LogP) is 1.32. The van der Waals surface area contributed by atoms with Gasteiger partial charge in [0.2, 0.25) is 5.91 Å². The zero-order valence-corrected chi connectivity index (χ0v) is 15.7. The summed E-state index contributed by atoms with van der Waals surface area (Å²) in [6.45, 7) is 6.27. The molecular formula is C19H28N2O5. The maximum Gasteiger partial charge on any atom is 0.317 e. The molecule has 1 N–H and O–H groups in total. The number of carbonyl (C=O) groups excluding carboxylic acids is 1. The summed E-state index contributed by atoms with van der Waals surface area (Å²) < 4.78 is 11.4. The van der Waals surface area contributed by atoms with Crippen molar-refractivity contribution in [2.45, 2.75) is 26.4 Å². The minimum absolute atomic E-state index is 0.0319. The predicted molar refractivity (Wildman–Crippen MR) is 97.5 cm³/mol. The third-order valence-corrected chi connectivity index (χ3v) is 4.33. The van der Waals surface area contributed by atoms with Crippen molar-refractivity contribution in [2.75, 3.05) is 46.4 Å². The largest absolute Gasteiger partial charge is 0.493 e. The van der Waals surface area contributed by atoms with Gasteiger partial charge in [-0.2, -0.15) is 0 Å². The van der Waals surface area contributed by atoms with E-state index >= 15 is 0 Å². The van der Waals surface area contributed by atoms with Gasteiger partial charge in [-0.25, -0.2) is 0 Å². The van der Waals surface area contributed by atoms with E-state index in [-0.39, 0.29) is 18.6 Å². The molecule has 144 valence electrons. The summed E-state index contributed by atoms with van der Waals surface area (Å²) in [4.78, 5) is 26.6. The number of aliphatic carboxylic acids is 1. The average Bonchev–Trinajstić information content (AvgIpc) is 2.57. The third-order valence-electron chi connectivity index (χ3n) is 4.33. The second kappa shape index (κ2) is 9.54. The molecule has 0 saturated carbocycles. The first-order valence-corrected chi connectivity index (χ1v) is 8.85. The van der Waals surface area contributed by atoms with E-state index in [9.17, 15) is 9.59 Å². The number of amides is 1. The summed E-state index contributed by atoms with van der Waals surface area (Å²) in [6.07, 6.45) is 0.141. The Kier molecular flexibility index (Phi) is 7.41. The fraction of sp³-hybridized carbons (Fsp3) is 0.579. The molecule has 1 aliphatic heterocycles. The van der Waals surface area contributed by atoms with E-state index in [2.05, 4.69) is 0 Å². The fourth-order valence-corrected chi connectivity index (χ4v) is 2.97. The van der Waals surface area contributed by atoms with Crippen LogP contribution < -0.4 is 4.74 Å². The van der Waals surface area contributed by atoms with Gasteiger partial charge in [-0.05, 0) is 38.1 Å². The van der Waals surface area contributed by atoms with Crippen LogP contribution in [0.15, 0.2) is 18.2 Å². The number of carboxylic acid groups (broad SMARTS) is 1. The van der Waals surface area contributed by atoms with Crippen LogP contribution >= 0.6 is 0 Å². The molecule has 7 heteroatoms. The molecule has 1 atom stereocenters. The molecular weight excluding hydrogens is 336 g/mol. The quantitative estimate of drug-likeness (QED) is 0.749. The molecule has 0 aromatic heterocycles. The maximum absolute atomic E-state index is 12.4. The van der Waals surface area contributed by atoms with Crippen molar-refractivity contribution >= 4 is 11.9 Å². The number of rotatable bonds is 8. The van der Waals surface area contributed by atoms with Gasteiger partial charge in [0.05, 0.1) is 32.3 Å². The molecule has 1 heterocycles. The second-order valence-electron chi connectivity index (χ2n) is 6.79. The van der Waals surface area contributed by atoms with Gasteiger partial charge in [-0.15, -0.1) is 0 Å². The highest BCUT2D eigenvalue weighted by atomic mass is 16.5. The number of nitrogens with zero attached hydrogens (tertiary/aromatic N) is 2. The number of hydrogen-bond acceptors (Lipinski definition) is 5. The van der Waals surface area contributed by atoms with Gasteiger partial charge >= 0.3 is 5.97 Å². The lowest BCUT2D eigenvalue weighted by Gasteiger charge is -2.34. The van der Waals surface area contributed by atoms with Crippen molar-refractivity contribution < 1.29 is 24.2 Å². The van der Waals surface area contributed by atoms with Crippen LogP contribution in [0, 0.1) is 13.8 Å². The summed E-state index contributed by atoms with van der Waals surface area (Å²) in [6, 6.07) is 6.01. The summed E-state index contributed by atoms with van der Waals surface area (Å²) in [5, 5.41) is 8.82. The first-order valence-electron chi connectivity index (χ1n) is 8.85. The van der Waals surface area contributed by atoms with E-state index in [0.717, 1.165) is 16.9 Å². The number of carboxylic acids is 1. The van der Waals surface area contributed by atoms with Crippen molar-refractivity contribution in [1.29, 1.82) is 0 Å². The van der Waals surface area contributed by atoms with Crippen molar-refractivity contribution in [3.05, 3.63) is 29.3 Å². The molecule has 1 aromatic rings. The van der Waals surface area contributed by atoms with Gasteiger partial charge < -0.3 is 19.5 Å². The highest BCUT2D eigenvalue weighted by Gasteiger charge is 2.25. The molecule has 1 fully saturated rings. The summed E-state index contributed by atoms with van der Waals surface area (Å²) >= 11 is 0. The Labute approximate surface area is 154 Å². The Hall–Kier alpha value is -2.12. The minimum atomic E-state index is -0.875. The molecule has 0 bridgehead atoms. The number of benzene rings is 1. The molecule has 1 saturated heterocycles. The first kappa shape index (κ1) is 20.2. The average molecular weight is 364 g/mol. The summed E-state index contributed by atoms with van der Waals surface area (Å²) in [5.74, 6) is -0.0303. The lowest BCUT2D eigenvalue weighted by Crippen LogP contribution is -2.49. The molecule has 0 spiro atoms. The van der Waals surface area contributed by atoms with E-state index in [1.807, 2.05) is 32.0 Å². The van der Waals surface area contributed by atoms with Crippen LogP contribution in [0.3, 0.4) is 0 Å². The first-order chi connectivity index (χ1) is 12.3. The van der Waals surface area contributed by atoms with Gasteiger partial charge in [-0.1, -0.05) is 12.1 Å². The second-order valence-corrected chi connectivity index (χ2v) is 6.79. The van der Waals surface area contributed by atoms with Gasteiger partial charge in [0.1, 0.15) is 5.75 Å². The number of carbonyl (C=O) groups is 2. The summed E-state index contributed by atoms with van der Waals surface area (Å²) in [5.41, 5.74) is 2.18. The van der Waals surface area contributed by atoms with Crippen molar-refractivity contribution in [3.8, 4) is 5.75 Å². The minimum Gasteiger partial charge on any atom is -0.493 e. The van der Waals surface area contributed by atoms with Crippen LogP contribution in [-0.2, 0) is 14.3 Å². The van der Waals surface area contributed by atoms with Crippen molar-refractivity contribution in [3.63, 3.8) is 0 Å². The SMILES string of the molecule is Cc1ccc(C)c(OCCC(=O)N2CCO[C@H](CN(C)CC(=O)O)C2)c1. The van der Waals surface area contributed by atoms with Gasteiger partial charge in [0.15, 0.2) is 0 Å². The third kappa shape index (κ3) is 6.31.